The Hall–Kier alpha value is -2.49. The first-order chi connectivity index (χ1) is 11.4. The number of carboxylic acids is 1. The summed E-state index contributed by atoms with van der Waals surface area (Å²) in [6.45, 7) is 6.02. The highest BCUT2D eigenvalue weighted by atomic mass is 16.4. The summed E-state index contributed by atoms with van der Waals surface area (Å²) in [5.74, 6) is -2.10. The first kappa shape index (κ1) is 17.9. The standard InChI is InChI=1S/C20H24O4/c1-4-6-7-9-13-11-16-15(10-12(13)3)14(8-5-2)18(21)19(22)17(16)20(23)24/h6-7,10-11,21-22H,4-5,8-9H2,1-3H3,(H,23,24)/b7-6+. The van der Waals surface area contributed by atoms with E-state index in [1.807, 2.05) is 26.0 Å². The molecule has 4 heteroatoms. The Morgan fingerprint density at radius 1 is 1.08 bits per heavy atom. The van der Waals surface area contributed by atoms with Crippen molar-refractivity contribution in [2.45, 2.75) is 46.5 Å². The third kappa shape index (κ3) is 3.23. The smallest absolute Gasteiger partial charge is 0.340 e. The predicted octanol–water partition coefficient (Wildman–Crippen LogP) is 4.72. The Morgan fingerprint density at radius 3 is 2.38 bits per heavy atom. The second-order valence-electron chi connectivity index (χ2n) is 6.01. The fourth-order valence-corrected chi connectivity index (χ4v) is 3.04. The lowest BCUT2D eigenvalue weighted by molar-refractivity contribution is 0.0695. The average molecular weight is 328 g/mol. The summed E-state index contributed by atoms with van der Waals surface area (Å²) in [5, 5.41) is 31.1. The van der Waals surface area contributed by atoms with Gasteiger partial charge in [-0.05, 0) is 48.8 Å². The van der Waals surface area contributed by atoms with Gasteiger partial charge >= 0.3 is 5.97 Å². The van der Waals surface area contributed by atoms with Crippen molar-refractivity contribution in [2.75, 3.05) is 0 Å². The summed E-state index contributed by atoms with van der Waals surface area (Å²) in [7, 11) is 0. The molecule has 0 bridgehead atoms. The van der Waals surface area contributed by atoms with Gasteiger partial charge in [-0.3, -0.25) is 0 Å². The van der Waals surface area contributed by atoms with Gasteiger partial charge in [0.15, 0.2) is 11.5 Å². The molecule has 4 nitrogen and oxygen atoms in total. The lowest BCUT2D eigenvalue weighted by atomic mass is 9.90. The fourth-order valence-electron chi connectivity index (χ4n) is 3.04. The molecule has 0 aliphatic carbocycles. The number of aromatic hydroxyl groups is 2. The normalized spacial score (nSPS) is 11.5. The summed E-state index contributed by atoms with van der Waals surface area (Å²) in [6, 6.07) is 3.74. The highest BCUT2D eigenvalue weighted by Crippen LogP contribution is 2.41. The number of benzene rings is 2. The second-order valence-corrected chi connectivity index (χ2v) is 6.01. The molecular weight excluding hydrogens is 304 g/mol. The molecule has 2 aromatic carbocycles. The molecule has 3 N–H and O–H groups in total. The maximum absolute atomic E-state index is 11.6. The van der Waals surface area contributed by atoms with Gasteiger partial charge in [0.2, 0.25) is 0 Å². The highest BCUT2D eigenvalue weighted by Gasteiger charge is 2.23. The van der Waals surface area contributed by atoms with Gasteiger partial charge in [-0.25, -0.2) is 4.79 Å². The van der Waals surface area contributed by atoms with Gasteiger partial charge < -0.3 is 15.3 Å². The van der Waals surface area contributed by atoms with E-state index in [1.165, 1.54) is 0 Å². The van der Waals surface area contributed by atoms with E-state index in [0.29, 0.717) is 29.2 Å². The quantitative estimate of drug-likeness (QED) is 0.529. The van der Waals surface area contributed by atoms with Crippen molar-refractivity contribution in [3.8, 4) is 11.5 Å². The van der Waals surface area contributed by atoms with Gasteiger partial charge in [-0.2, -0.15) is 0 Å². The first-order valence-corrected chi connectivity index (χ1v) is 8.30. The Morgan fingerprint density at radius 2 is 1.79 bits per heavy atom. The summed E-state index contributed by atoms with van der Waals surface area (Å²) in [6.07, 6.45) is 7.14. The average Bonchev–Trinajstić information content (AvgIpc) is 2.53. The lowest BCUT2D eigenvalue weighted by Gasteiger charge is -2.16. The number of hydrogen-bond acceptors (Lipinski definition) is 3. The molecule has 2 aromatic rings. The van der Waals surface area contributed by atoms with Gasteiger partial charge in [-0.1, -0.05) is 38.5 Å². The molecule has 0 fully saturated rings. The van der Waals surface area contributed by atoms with Crippen LogP contribution in [0.25, 0.3) is 10.8 Å². The number of carboxylic acid groups (broad SMARTS) is 1. The van der Waals surface area contributed by atoms with Crippen LogP contribution in [-0.2, 0) is 12.8 Å². The monoisotopic (exact) mass is 328 g/mol. The Labute approximate surface area is 142 Å². The van der Waals surface area contributed by atoms with Crippen molar-refractivity contribution in [3.05, 3.63) is 46.5 Å². The summed E-state index contributed by atoms with van der Waals surface area (Å²) >= 11 is 0. The van der Waals surface area contributed by atoms with Crippen LogP contribution in [0.3, 0.4) is 0 Å². The van der Waals surface area contributed by atoms with Crippen LogP contribution in [0.4, 0.5) is 0 Å². The van der Waals surface area contributed by atoms with Crippen molar-refractivity contribution in [2.24, 2.45) is 0 Å². The topological polar surface area (TPSA) is 77.8 Å². The van der Waals surface area contributed by atoms with Crippen LogP contribution >= 0.6 is 0 Å². The van der Waals surface area contributed by atoms with Crippen molar-refractivity contribution in [3.63, 3.8) is 0 Å². The van der Waals surface area contributed by atoms with Gasteiger partial charge in [0, 0.05) is 10.9 Å². The minimum atomic E-state index is -1.24. The Kier molecular flexibility index (Phi) is 5.50. The number of phenolic OH excluding ortho intramolecular Hbond substituents is 1. The van der Waals surface area contributed by atoms with Gasteiger partial charge in [-0.15, -0.1) is 0 Å². The zero-order chi connectivity index (χ0) is 17.9. The molecule has 0 spiro atoms. The molecule has 0 aliphatic heterocycles. The van der Waals surface area contributed by atoms with Crippen molar-refractivity contribution >= 4 is 16.7 Å². The molecule has 0 radical (unpaired) electrons. The number of phenols is 2. The van der Waals surface area contributed by atoms with Crippen LogP contribution in [0.1, 0.15) is 53.7 Å². The van der Waals surface area contributed by atoms with Gasteiger partial charge in [0.25, 0.3) is 0 Å². The third-order valence-electron chi connectivity index (χ3n) is 4.27. The molecule has 0 aromatic heterocycles. The van der Waals surface area contributed by atoms with Gasteiger partial charge in [0.1, 0.15) is 5.56 Å². The van der Waals surface area contributed by atoms with Crippen LogP contribution in [0, 0.1) is 6.92 Å². The van der Waals surface area contributed by atoms with Gasteiger partial charge in [0.05, 0.1) is 0 Å². The van der Waals surface area contributed by atoms with E-state index in [4.69, 9.17) is 0 Å². The SMILES string of the molecule is CC/C=C/Cc1cc2c(C(=O)O)c(O)c(O)c(CCC)c2cc1C. The van der Waals surface area contributed by atoms with Crippen molar-refractivity contribution < 1.29 is 20.1 Å². The molecule has 128 valence electrons. The largest absolute Gasteiger partial charge is 0.504 e. The fraction of sp³-hybridized carbons (Fsp3) is 0.350. The number of hydrogen-bond donors (Lipinski definition) is 3. The summed E-state index contributed by atoms with van der Waals surface area (Å²) in [4.78, 5) is 11.6. The van der Waals surface area contributed by atoms with Crippen LogP contribution in [0.15, 0.2) is 24.3 Å². The van der Waals surface area contributed by atoms with E-state index in [0.717, 1.165) is 24.0 Å². The minimum absolute atomic E-state index is 0.233. The highest BCUT2D eigenvalue weighted by molar-refractivity contribution is 6.09. The number of carbonyl (C=O) groups is 1. The molecule has 0 aliphatic rings. The van der Waals surface area contributed by atoms with Crippen molar-refractivity contribution in [1.82, 2.24) is 0 Å². The Balaban J connectivity index is 2.81. The molecule has 0 saturated carbocycles. The number of aryl methyl sites for hydroxylation is 2. The van der Waals surface area contributed by atoms with E-state index in [9.17, 15) is 20.1 Å². The van der Waals surface area contributed by atoms with Crippen LogP contribution < -0.4 is 0 Å². The van der Waals surface area contributed by atoms with Crippen molar-refractivity contribution in [1.29, 1.82) is 0 Å². The number of fused-ring (bicyclic) bond motifs is 1. The molecule has 24 heavy (non-hydrogen) atoms. The third-order valence-corrected chi connectivity index (χ3v) is 4.27. The number of aromatic carboxylic acids is 1. The summed E-state index contributed by atoms with van der Waals surface area (Å²) < 4.78 is 0. The number of rotatable bonds is 6. The molecule has 0 heterocycles. The van der Waals surface area contributed by atoms with E-state index in [2.05, 4.69) is 19.1 Å². The first-order valence-electron chi connectivity index (χ1n) is 8.30. The molecule has 0 unspecified atom stereocenters. The zero-order valence-electron chi connectivity index (χ0n) is 14.4. The zero-order valence-corrected chi connectivity index (χ0v) is 14.4. The van der Waals surface area contributed by atoms with E-state index in [-0.39, 0.29) is 11.3 Å². The van der Waals surface area contributed by atoms with Crippen LogP contribution in [0.5, 0.6) is 11.5 Å². The molecule has 0 amide bonds. The molecule has 0 atom stereocenters. The summed E-state index contributed by atoms with van der Waals surface area (Å²) in [5.41, 5.74) is 2.43. The lowest BCUT2D eigenvalue weighted by Crippen LogP contribution is -2.03. The molecule has 2 rings (SSSR count). The second kappa shape index (κ2) is 7.39. The van der Waals surface area contributed by atoms with E-state index in [1.54, 1.807) is 0 Å². The Bertz CT molecular complexity index is 803. The predicted molar refractivity (Wildman–Crippen MR) is 96.1 cm³/mol. The van der Waals surface area contributed by atoms with E-state index < -0.39 is 11.7 Å². The maximum atomic E-state index is 11.6. The molecular formula is C20H24O4. The molecule has 0 saturated heterocycles. The van der Waals surface area contributed by atoms with Crippen LogP contribution in [0.2, 0.25) is 0 Å². The van der Waals surface area contributed by atoms with Crippen LogP contribution in [-0.4, -0.2) is 21.3 Å². The minimum Gasteiger partial charge on any atom is -0.504 e. The maximum Gasteiger partial charge on any atom is 0.340 e. The number of allylic oxidation sites excluding steroid dienone is 2. The van der Waals surface area contributed by atoms with E-state index >= 15 is 0 Å².